The van der Waals surface area contributed by atoms with E-state index in [0.717, 1.165) is 36.0 Å². The molecule has 0 saturated carbocycles. The largest absolute Gasteiger partial charge is 0.482 e. The van der Waals surface area contributed by atoms with E-state index in [-0.39, 0.29) is 18.4 Å². The summed E-state index contributed by atoms with van der Waals surface area (Å²) in [6, 6.07) is 32.0. The van der Waals surface area contributed by atoms with E-state index in [1.165, 1.54) is 11.1 Å². The third kappa shape index (κ3) is 8.95. The molecule has 0 bridgehead atoms. The molecule has 0 spiro atoms. The topological polar surface area (TPSA) is 88.5 Å². The molecule has 0 radical (unpaired) electrons. The second-order valence-electron chi connectivity index (χ2n) is 9.55. The number of hydrogen-bond acceptors (Lipinski definition) is 4. The molecule has 4 rings (SSSR count). The van der Waals surface area contributed by atoms with E-state index in [4.69, 9.17) is 9.84 Å². The summed E-state index contributed by atoms with van der Waals surface area (Å²) < 4.78 is 5.27. The quantitative estimate of drug-likeness (QED) is 0.147. The van der Waals surface area contributed by atoms with Gasteiger partial charge in [0.25, 0.3) is 0 Å². The van der Waals surface area contributed by atoms with Gasteiger partial charge in [-0.25, -0.2) is 4.79 Å². The summed E-state index contributed by atoms with van der Waals surface area (Å²) in [7, 11) is 0. The van der Waals surface area contributed by atoms with Crippen LogP contribution in [0.25, 0.3) is 6.08 Å². The standard InChI is InChI=1S/C34H34N2O4/c37-33(38)25-40-31-15-7-9-26(24-31)10-8-20-36-34(39)30(23-27-18-21-35-22-19-27)16-17-32(28-11-3-1-4-12-28)29-13-5-2-6-14-29/h1-7,9,11-15,18-19,21-24,32H,8,10,16-17,20,25H2,(H,36,39)(H,37,38)/b30-23+. The van der Waals surface area contributed by atoms with Crippen molar-refractivity contribution in [1.29, 1.82) is 0 Å². The van der Waals surface area contributed by atoms with Crippen LogP contribution < -0.4 is 10.1 Å². The maximum absolute atomic E-state index is 13.4. The number of carbonyl (C=O) groups is 2. The third-order valence-corrected chi connectivity index (χ3v) is 6.63. The number of amides is 1. The molecule has 0 aliphatic carbocycles. The highest BCUT2D eigenvalue weighted by molar-refractivity contribution is 5.97. The van der Waals surface area contributed by atoms with E-state index in [1.54, 1.807) is 18.5 Å². The van der Waals surface area contributed by atoms with Crippen molar-refractivity contribution in [3.05, 3.63) is 137 Å². The van der Waals surface area contributed by atoms with E-state index in [9.17, 15) is 9.59 Å². The molecule has 4 aromatic rings. The summed E-state index contributed by atoms with van der Waals surface area (Å²) in [5.74, 6) is -0.387. The van der Waals surface area contributed by atoms with E-state index in [2.05, 4.69) is 58.8 Å². The Morgan fingerprint density at radius 1 is 0.875 bits per heavy atom. The highest BCUT2D eigenvalue weighted by Gasteiger charge is 2.17. The fourth-order valence-corrected chi connectivity index (χ4v) is 4.65. The van der Waals surface area contributed by atoms with Crippen LogP contribution in [0.2, 0.25) is 0 Å². The number of carboxylic acid groups (broad SMARTS) is 1. The zero-order chi connectivity index (χ0) is 28.0. The van der Waals surface area contributed by atoms with Crippen molar-refractivity contribution in [2.24, 2.45) is 0 Å². The van der Waals surface area contributed by atoms with Gasteiger partial charge < -0.3 is 15.2 Å². The van der Waals surface area contributed by atoms with Crippen molar-refractivity contribution in [1.82, 2.24) is 10.3 Å². The first-order valence-corrected chi connectivity index (χ1v) is 13.5. The Kier molecular flexibility index (Phi) is 10.6. The van der Waals surface area contributed by atoms with Crippen LogP contribution in [-0.2, 0) is 16.0 Å². The molecule has 0 atom stereocenters. The lowest BCUT2D eigenvalue weighted by Gasteiger charge is -2.19. The van der Waals surface area contributed by atoms with E-state index in [1.807, 2.05) is 48.5 Å². The van der Waals surface area contributed by atoms with Crippen LogP contribution in [-0.4, -0.2) is 35.1 Å². The number of ether oxygens (including phenoxy) is 1. The van der Waals surface area contributed by atoms with Crippen LogP contribution in [0.5, 0.6) is 5.75 Å². The number of aromatic nitrogens is 1. The first-order chi connectivity index (χ1) is 19.6. The smallest absolute Gasteiger partial charge is 0.341 e. The number of aryl methyl sites for hydroxylation is 1. The number of pyridine rings is 1. The second-order valence-corrected chi connectivity index (χ2v) is 9.55. The molecule has 3 aromatic carbocycles. The maximum atomic E-state index is 13.4. The average Bonchev–Trinajstić information content (AvgIpc) is 2.99. The van der Waals surface area contributed by atoms with Crippen LogP contribution >= 0.6 is 0 Å². The molecule has 1 aromatic heterocycles. The fraction of sp³-hybridized carbons (Fsp3) is 0.206. The normalized spacial score (nSPS) is 11.3. The van der Waals surface area contributed by atoms with Crippen LogP contribution in [0.3, 0.4) is 0 Å². The predicted octanol–water partition coefficient (Wildman–Crippen LogP) is 6.29. The van der Waals surface area contributed by atoms with Crippen molar-refractivity contribution < 1.29 is 19.4 Å². The van der Waals surface area contributed by atoms with Crippen LogP contribution in [0.1, 0.15) is 47.4 Å². The Hall–Kier alpha value is -4.71. The van der Waals surface area contributed by atoms with Crippen LogP contribution in [0.4, 0.5) is 0 Å². The summed E-state index contributed by atoms with van der Waals surface area (Å²) in [5, 5.41) is 11.9. The summed E-state index contributed by atoms with van der Waals surface area (Å²) in [6.07, 6.45) is 8.30. The van der Waals surface area contributed by atoms with Crippen molar-refractivity contribution in [3.63, 3.8) is 0 Å². The Labute approximate surface area is 235 Å². The molecule has 0 unspecified atom stereocenters. The Morgan fingerprint density at radius 2 is 1.55 bits per heavy atom. The second kappa shape index (κ2) is 15.0. The molecule has 1 heterocycles. The molecule has 204 valence electrons. The summed E-state index contributed by atoms with van der Waals surface area (Å²) in [5.41, 5.74) is 5.15. The first kappa shape index (κ1) is 28.3. The molecule has 0 fully saturated rings. The lowest BCUT2D eigenvalue weighted by molar-refractivity contribution is -0.139. The highest BCUT2D eigenvalue weighted by Crippen LogP contribution is 2.31. The van der Waals surface area contributed by atoms with Crippen molar-refractivity contribution >= 4 is 18.0 Å². The van der Waals surface area contributed by atoms with Crippen molar-refractivity contribution in [3.8, 4) is 5.75 Å². The number of carboxylic acids is 1. The van der Waals surface area contributed by atoms with Gasteiger partial charge in [-0.2, -0.15) is 0 Å². The van der Waals surface area contributed by atoms with Gasteiger partial charge in [0.05, 0.1) is 0 Å². The number of aliphatic carboxylic acids is 1. The number of carbonyl (C=O) groups excluding carboxylic acids is 1. The summed E-state index contributed by atoms with van der Waals surface area (Å²) >= 11 is 0. The van der Waals surface area contributed by atoms with Gasteiger partial charge in [-0.1, -0.05) is 72.8 Å². The third-order valence-electron chi connectivity index (χ3n) is 6.63. The van der Waals surface area contributed by atoms with Gasteiger partial charge in [-0.3, -0.25) is 9.78 Å². The lowest BCUT2D eigenvalue weighted by atomic mass is 9.86. The summed E-state index contributed by atoms with van der Waals surface area (Å²) in [6.45, 7) is 0.148. The van der Waals surface area contributed by atoms with Crippen molar-refractivity contribution in [2.75, 3.05) is 13.2 Å². The number of rotatable bonds is 14. The van der Waals surface area contributed by atoms with E-state index >= 15 is 0 Å². The van der Waals surface area contributed by atoms with Crippen LogP contribution in [0.15, 0.2) is 115 Å². The van der Waals surface area contributed by atoms with Crippen molar-refractivity contribution in [2.45, 2.75) is 31.6 Å². The van der Waals surface area contributed by atoms with Gasteiger partial charge in [0, 0.05) is 30.4 Å². The molecule has 1 amide bonds. The molecule has 6 heteroatoms. The van der Waals surface area contributed by atoms with E-state index in [0.29, 0.717) is 18.7 Å². The van der Waals surface area contributed by atoms with Gasteiger partial charge in [0.2, 0.25) is 5.91 Å². The fourth-order valence-electron chi connectivity index (χ4n) is 4.65. The minimum absolute atomic E-state index is 0.0739. The maximum Gasteiger partial charge on any atom is 0.341 e. The zero-order valence-corrected chi connectivity index (χ0v) is 22.4. The number of hydrogen-bond donors (Lipinski definition) is 2. The molecule has 40 heavy (non-hydrogen) atoms. The molecular formula is C34H34N2O4. The molecule has 2 N–H and O–H groups in total. The summed E-state index contributed by atoms with van der Waals surface area (Å²) in [4.78, 5) is 28.2. The Bertz CT molecular complexity index is 1350. The van der Waals surface area contributed by atoms with Crippen LogP contribution in [0, 0.1) is 0 Å². The zero-order valence-electron chi connectivity index (χ0n) is 22.4. The minimum atomic E-state index is -1.01. The monoisotopic (exact) mass is 534 g/mol. The molecule has 6 nitrogen and oxygen atoms in total. The SMILES string of the molecule is O=C(O)COc1cccc(CCCNC(=O)/C(=C/c2ccncc2)CCC(c2ccccc2)c2ccccc2)c1. The number of benzene rings is 3. The molecule has 0 aliphatic rings. The number of nitrogens with one attached hydrogen (secondary N) is 1. The average molecular weight is 535 g/mol. The predicted molar refractivity (Wildman–Crippen MR) is 157 cm³/mol. The number of nitrogens with zero attached hydrogens (tertiary/aromatic N) is 1. The molecular weight excluding hydrogens is 500 g/mol. The highest BCUT2D eigenvalue weighted by atomic mass is 16.5. The molecule has 0 aliphatic heterocycles. The molecule has 0 saturated heterocycles. The van der Waals surface area contributed by atoms with Gasteiger partial charge in [0.15, 0.2) is 6.61 Å². The minimum Gasteiger partial charge on any atom is -0.482 e. The van der Waals surface area contributed by atoms with Gasteiger partial charge in [0.1, 0.15) is 5.75 Å². The van der Waals surface area contributed by atoms with E-state index < -0.39 is 5.97 Å². The lowest BCUT2D eigenvalue weighted by Crippen LogP contribution is -2.26. The Balaban J connectivity index is 1.41. The van der Waals surface area contributed by atoms with Gasteiger partial charge in [-0.05, 0) is 78.3 Å². The van der Waals surface area contributed by atoms with Gasteiger partial charge in [-0.15, -0.1) is 0 Å². The first-order valence-electron chi connectivity index (χ1n) is 13.5. The van der Waals surface area contributed by atoms with Gasteiger partial charge >= 0.3 is 5.97 Å². The Morgan fingerprint density at radius 3 is 2.20 bits per heavy atom.